The van der Waals surface area contributed by atoms with Crippen molar-refractivity contribution < 1.29 is 4.42 Å². The summed E-state index contributed by atoms with van der Waals surface area (Å²) in [5.41, 5.74) is 2.02. The van der Waals surface area contributed by atoms with Gasteiger partial charge in [-0.25, -0.2) is 4.79 Å². The van der Waals surface area contributed by atoms with E-state index < -0.39 is 0 Å². The Morgan fingerprint density at radius 1 is 0.783 bits per heavy atom. The largest absolute Gasteiger partial charge is 0.422 e. The van der Waals surface area contributed by atoms with Crippen LogP contribution in [-0.2, 0) is 0 Å². The molecule has 0 fully saturated rings. The maximum absolute atomic E-state index is 12.7. The molecule has 1 aromatic carbocycles. The minimum atomic E-state index is -0.272. The highest BCUT2D eigenvalue weighted by molar-refractivity contribution is 7.16. The first-order chi connectivity index (χ1) is 11.1. The van der Waals surface area contributed by atoms with Crippen LogP contribution in [0.4, 0.5) is 0 Å². The lowest BCUT2D eigenvalue weighted by molar-refractivity contribution is 0.564. The molecule has 0 N–H and O–H groups in total. The van der Waals surface area contributed by atoms with Gasteiger partial charge in [0.25, 0.3) is 0 Å². The van der Waals surface area contributed by atoms with Crippen molar-refractivity contribution in [3.63, 3.8) is 0 Å². The van der Waals surface area contributed by atoms with Crippen molar-refractivity contribution in [1.82, 2.24) is 0 Å². The molecule has 4 heteroatoms. The van der Waals surface area contributed by atoms with Crippen LogP contribution in [0.25, 0.3) is 31.9 Å². The predicted molar refractivity (Wildman–Crippen MR) is 98.6 cm³/mol. The van der Waals surface area contributed by atoms with Gasteiger partial charge in [-0.2, -0.15) is 0 Å². The quantitative estimate of drug-likeness (QED) is 0.428. The Morgan fingerprint density at radius 2 is 1.39 bits per heavy atom. The lowest BCUT2D eigenvalue weighted by Gasteiger charge is -2.09. The summed E-state index contributed by atoms with van der Waals surface area (Å²) in [6.45, 7) is 4.13. The molecule has 4 aromatic rings. The summed E-state index contributed by atoms with van der Waals surface area (Å²) in [6.07, 6.45) is 0. The van der Waals surface area contributed by atoms with Crippen LogP contribution >= 0.6 is 22.7 Å². The fourth-order valence-electron chi connectivity index (χ4n) is 2.77. The van der Waals surface area contributed by atoms with Crippen LogP contribution in [0.5, 0.6) is 0 Å². The minimum Gasteiger partial charge on any atom is -0.422 e. The Hall–Kier alpha value is -2.17. The summed E-state index contributed by atoms with van der Waals surface area (Å²) in [5.74, 6) is 0. The number of hydrogen-bond donors (Lipinski definition) is 0. The number of thiophene rings is 2. The zero-order valence-corrected chi connectivity index (χ0v) is 14.4. The summed E-state index contributed by atoms with van der Waals surface area (Å²) in [6, 6.07) is 16.0. The number of rotatable bonds is 2. The maximum atomic E-state index is 12.7. The predicted octanol–water partition coefficient (Wildman–Crippen LogP) is 5.87. The molecule has 4 rings (SSSR count). The molecule has 0 spiro atoms. The SMILES string of the molecule is Cc1ccc(-c2c(-c3ccc(C)s3)c3ccccc3oc2=O)s1. The Balaban J connectivity index is 2.16. The van der Waals surface area contributed by atoms with Crippen LogP contribution < -0.4 is 5.63 Å². The molecule has 0 aliphatic rings. The molecule has 0 aliphatic carbocycles. The molecule has 3 aromatic heterocycles. The summed E-state index contributed by atoms with van der Waals surface area (Å²) < 4.78 is 5.58. The smallest absolute Gasteiger partial charge is 0.345 e. The van der Waals surface area contributed by atoms with E-state index >= 15 is 0 Å². The van der Waals surface area contributed by atoms with E-state index in [9.17, 15) is 4.79 Å². The summed E-state index contributed by atoms with van der Waals surface area (Å²) >= 11 is 3.33. The molecular formula is C19H14O2S2. The highest BCUT2D eigenvalue weighted by Gasteiger charge is 2.19. The van der Waals surface area contributed by atoms with Crippen LogP contribution in [0, 0.1) is 13.8 Å². The van der Waals surface area contributed by atoms with Gasteiger partial charge in [0.2, 0.25) is 0 Å². The molecule has 0 saturated carbocycles. The maximum Gasteiger partial charge on any atom is 0.345 e. The Kier molecular flexibility index (Phi) is 3.43. The van der Waals surface area contributed by atoms with Gasteiger partial charge in [-0.3, -0.25) is 0 Å². The van der Waals surface area contributed by atoms with Gasteiger partial charge in [-0.15, -0.1) is 22.7 Å². The van der Waals surface area contributed by atoms with E-state index in [0.29, 0.717) is 11.1 Å². The van der Waals surface area contributed by atoms with Crippen LogP contribution in [0.15, 0.2) is 57.7 Å². The molecule has 3 heterocycles. The lowest BCUT2D eigenvalue weighted by atomic mass is 10.0. The van der Waals surface area contributed by atoms with Crippen LogP contribution in [0.2, 0.25) is 0 Å². The molecule has 0 saturated heterocycles. The highest BCUT2D eigenvalue weighted by Crippen LogP contribution is 2.40. The summed E-state index contributed by atoms with van der Waals surface area (Å²) in [7, 11) is 0. The van der Waals surface area contributed by atoms with Crippen molar-refractivity contribution in [3.05, 3.63) is 68.7 Å². The van der Waals surface area contributed by atoms with Crippen molar-refractivity contribution in [3.8, 4) is 20.9 Å². The highest BCUT2D eigenvalue weighted by atomic mass is 32.1. The van der Waals surface area contributed by atoms with Gasteiger partial charge in [0.15, 0.2) is 0 Å². The van der Waals surface area contributed by atoms with Crippen molar-refractivity contribution >= 4 is 33.6 Å². The van der Waals surface area contributed by atoms with Crippen LogP contribution in [-0.4, -0.2) is 0 Å². The molecule has 2 nitrogen and oxygen atoms in total. The zero-order chi connectivity index (χ0) is 16.0. The van der Waals surface area contributed by atoms with E-state index in [4.69, 9.17) is 4.42 Å². The second-order valence-corrected chi connectivity index (χ2v) is 8.03. The number of hydrogen-bond acceptors (Lipinski definition) is 4. The summed E-state index contributed by atoms with van der Waals surface area (Å²) in [4.78, 5) is 17.2. The first-order valence-corrected chi connectivity index (χ1v) is 8.96. The van der Waals surface area contributed by atoms with Gasteiger partial charge < -0.3 is 4.42 Å². The van der Waals surface area contributed by atoms with Gasteiger partial charge in [-0.1, -0.05) is 18.2 Å². The van der Waals surface area contributed by atoms with E-state index in [0.717, 1.165) is 20.7 Å². The van der Waals surface area contributed by atoms with Crippen molar-refractivity contribution in [1.29, 1.82) is 0 Å². The molecule has 0 unspecified atom stereocenters. The zero-order valence-electron chi connectivity index (χ0n) is 12.8. The van der Waals surface area contributed by atoms with E-state index in [1.54, 1.807) is 22.7 Å². The van der Waals surface area contributed by atoms with Crippen molar-refractivity contribution in [2.24, 2.45) is 0 Å². The molecule has 0 aliphatic heterocycles. The average molecular weight is 338 g/mol. The van der Waals surface area contributed by atoms with Crippen LogP contribution in [0.1, 0.15) is 9.75 Å². The number of fused-ring (bicyclic) bond motifs is 1. The van der Waals surface area contributed by atoms with Gasteiger partial charge in [0.1, 0.15) is 5.58 Å². The Morgan fingerprint density at radius 3 is 2.00 bits per heavy atom. The normalized spacial score (nSPS) is 11.2. The molecule has 0 radical (unpaired) electrons. The van der Waals surface area contributed by atoms with E-state index in [2.05, 4.69) is 19.1 Å². The van der Waals surface area contributed by atoms with E-state index in [1.165, 1.54) is 9.75 Å². The third-order valence-electron chi connectivity index (χ3n) is 3.79. The second kappa shape index (κ2) is 5.48. The van der Waals surface area contributed by atoms with Crippen molar-refractivity contribution in [2.75, 3.05) is 0 Å². The third kappa shape index (κ3) is 2.44. The monoisotopic (exact) mass is 338 g/mol. The average Bonchev–Trinajstić information content (AvgIpc) is 3.14. The van der Waals surface area contributed by atoms with Crippen LogP contribution in [0.3, 0.4) is 0 Å². The number of para-hydroxylation sites is 1. The third-order valence-corrected chi connectivity index (χ3v) is 5.82. The second-order valence-electron chi connectivity index (χ2n) is 5.46. The number of benzene rings is 1. The number of aryl methyl sites for hydroxylation is 2. The molecule has 114 valence electrons. The molecule has 0 amide bonds. The van der Waals surface area contributed by atoms with Gasteiger partial charge in [-0.05, 0) is 44.2 Å². The van der Waals surface area contributed by atoms with E-state index in [-0.39, 0.29) is 5.63 Å². The fourth-order valence-corrected chi connectivity index (χ4v) is 4.61. The molecule has 0 atom stereocenters. The van der Waals surface area contributed by atoms with E-state index in [1.807, 2.05) is 43.3 Å². The first-order valence-electron chi connectivity index (χ1n) is 7.33. The Labute approximate surface area is 141 Å². The Bertz CT molecular complexity index is 1070. The lowest BCUT2D eigenvalue weighted by Crippen LogP contribution is -2.04. The molecular weight excluding hydrogens is 324 g/mol. The molecule has 23 heavy (non-hydrogen) atoms. The molecule has 0 bridgehead atoms. The fraction of sp³-hybridized carbons (Fsp3) is 0.105. The van der Waals surface area contributed by atoms with Gasteiger partial charge in [0, 0.05) is 30.5 Å². The first kappa shape index (κ1) is 14.4. The van der Waals surface area contributed by atoms with Crippen molar-refractivity contribution in [2.45, 2.75) is 13.8 Å². The standard InChI is InChI=1S/C19H14O2S2/c1-11-7-9-15(22-11)17-13-5-3-4-6-14(13)21-19(20)18(17)16-10-8-12(2)23-16/h3-10H,1-2H3. The van der Waals surface area contributed by atoms with Gasteiger partial charge in [0.05, 0.1) is 5.56 Å². The topological polar surface area (TPSA) is 30.2 Å². The van der Waals surface area contributed by atoms with Gasteiger partial charge >= 0.3 is 5.63 Å². The minimum absolute atomic E-state index is 0.272. The summed E-state index contributed by atoms with van der Waals surface area (Å²) in [5, 5.41) is 0.981.